The van der Waals surface area contributed by atoms with Crippen molar-refractivity contribution in [1.29, 1.82) is 0 Å². The molecule has 0 aliphatic carbocycles. The normalized spacial score (nSPS) is 18.4. The van der Waals surface area contributed by atoms with Crippen LogP contribution in [-0.4, -0.2) is 61.0 Å². The number of amides is 1. The van der Waals surface area contributed by atoms with Gasteiger partial charge in [0.15, 0.2) is 0 Å². The fourth-order valence-electron chi connectivity index (χ4n) is 1.85. The molecule has 0 aromatic heterocycles. The highest BCUT2D eigenvalue weighted by atomic mass is 16.2. The number of piperazine rings is 1. The molecule has 16 heavy (non-hydrogen) atoms. The van der Waals surface area contributed by atoms with Gasteiger partial charge in [0.2, 0.25) is 5.91 Å². The third-order valence-corrected chi connectivity index (χ3v) is 2.89. The lowest BCUT2D eigenvalue weighted by molar-refractivity contribution is -0.122. The van der Waals surface area contributed by atoms with Crippen LogP contribution in [-0.2, 0) is 4.79 Å². The second-order valence-electron chi connectivity index (χ2n) is 4.39. The van der Waals surface area contributed by atoms with Crippen LogP contribution in [0.15, 0.2) is 0 Å². The summed E-state index contributed by atoms with van der Waals surface area (Å²) in [5, 5.41) is 2.68. The van der Waals surface area contributed by atoms with Crippen LogP contribution in [0, 0.1) is 12.3 Å². The number of rotatable bonds is 4. The summed E-state index contributed by atoms with van der Waals surface area (Å²) in [6, 6.07) is 0.595. The molecule has 0 aromatic rings. The van der Waals surface area contributed by atoms with Crippen molar-refractivity contribution in [2.75, 3.05) is 39.3 Å². The Morgan fingerprint density at radius 2 is 2.00 bits per heavy atom. The molecule has 1 fully saturated rings. The van der Waals surface area contributed by atoms with Gasteiger partial charge >= 0.3 is 0 Å². The summed E-state index contributed by atoms with van der Waals surface area (Å²) >= 11 is 0. The number of nitrogens with one attached hydrogen (secondary N) is 1. The van der Waals surface area contributed by atoms with Crippen molar-refractivity contribution in [3.63, 3.8) is 0 Å². The van der Waals surface area contributed by atoms with Crippen molar-refractivity contribution >= 4 is 5.91 Å². The lowest BCUT2D eigenvalue weighted by atomic mass is 10.2. The van der Waals surface area contributed by atoms with E-state index in [9.17, 15) is 4.79 Å². The summed E-state index contributed by atoms with van der Waals surface area (Å²) in [7, 11) is 0. The Bertz CT molecular complexity index is 262. The zero-order chi connectivity index (χ0) is 12.0. The monoisotopic (exact) mass is 223 g/mol. The first-order valence-electron chi connectivity index (χ1n) is 5.80. The molecule has 1 rings (SSSR count). The Balaban J connectivity index is 2.22. The molecule has 90 valence electrons. The molecular weight excluding hydrogens is 202 g/mol. The van der Waals surface area contributed by atoms with E-state index in [-0.39, 0.29) is 5.91 Å². The molecule has 1 aliphatic rings. The maximum absolute atomic E-state index is 11.4. The first kappa shape index (κ1) is 13.0. The summed E-state index contributed by atoms with van der Waals surface area (Å²) in [6.45, 7) is 9.20. The first-order valence-corrected chi connectivity index (χ1v) is 5.80. The van der Waals surface area contributed by atoms with Gasteiger partial charge in [0, 0.05) is 32.2 Å². The average Bonchev–Trinajstić information content (AvgIpc) is 2.27. The number of nitrogens with zero attached hydrogens (tertiary/aromatic N) is 2. The van der Waals surface area contributed by atoms with Crippen LogP contribution in [0.4, 0.5) is 0 Å². The highest BCUT2D eigenvalue weighted by molar-refractivity contribution is 5.78. The molecule has 1 N–H and O–H groups in total. The predicted molar refractivity (Wildman–Crippen MR) is 65.0 cm³/mol. The van der Waals surface area contributed by atoms with Crippen LogP contribution in [0.1, 0.15) is 13.8 Å². The van der Waals surface area contributed by atoms with E-state index in [2.05, 4.69) is 34.9 Å². The summed E-state index contributed by atoms with van der Waals surface area (Å²) in [5.41, 5.74) is 0. The van der Waals surface area contributed by atoms with E-state index < -0.39 is 0 Å². The quantitative estimate of drug-likeness (QED) is 0.668. The highest BCUT2D eigenvalue weighted by Crippen LogP contribution is 2.04. The van der Waals surface area contributed by atoms with E-state index in [4.69, 9.17) is 6.42 Å². The van der Waals surface area contributed by atoms with Crippen molar-refractivity contribution in [3.8, 4) is 12.3 Å². The van der Waals surface area contributed by atoms with E-state index in [1.165, 1.54) is 0 Å². The molecule has 4 heteroatoms. The number of terminal acetylenes is 1. The van der Waals surface area contributed by atoms with Crippen molar-refractivity contribution in [2.24, 2.45) is 0 Å². The minimum atomic E-state index is 0.0240. The van der Waals surface area contributed by atoms with E-state index in [0.717, 1.165) is 26.2 Å². The second-order valence-corrected chi connectivity index (χ2v) is 4.39. The molecule has 0 atom stereocenters. The van der Waals surface area contributed by atoms with Gasteiger partial charge in [-0.25, -0.2) is 0 Å². The lowest BCUT2D eigenvalue weighted by Crippen LogP contribution is -2.51. The molecule has 0 spiro atoms. The molecule has 1 amide bonds. The Morgan fingerprint density at radius 3 is 2.50 bits per heavy atom. The van der Waals surface area contributed by atoms with E-state index in [1.807, 2.05) is 0 Å². The fraction of sp³-hybridized carbons (Fsp3) is 0.750. The zero-order valence-corrected chi connectivity index (χ0v) is 10.2. The SMILES string of the molecule is C#CCNC(=O)CN1CCN(C(C)C)CC1. The molecule has 1 heterocycles. The second kappa shape index (κ2) is 6.51. The Morgan fingerprint density at radius 1 is 1.38 bits per heavy atom. The summed E-state index contributed by atoms with van der Waals surface area (Å²) < 4.78 is 0. The molecular formula is C12H21N3O. The van der Waals surface area contributed by atoms with Gasteiger partial charge in [-0.2, -0.15) is 0 Å². The van der Waals surface area contributed by atoms with Crippen LogP contribution in [0.2, 0.25) is 0 Å². The van der Waals surface area contributed by atoms with Crippen LogP contribution < -0.4 is 5.32 Å². The number of hydrogen-bond acceptors (Lipinski definition) is 3. The molecule has 0 saturated carbocycles. The van der Waals surface area contributed by atoms with Gasteiger partial charge in [-0.1, -0.05) is 5.92 Å². The summed E-state index contributed by atoms with van der Waals surface area (Å²) in [4.78, 5) is 16.0. The van der Waals surface area contributed by atoms with Crippen LogP contribution in [0.3, 0.4) is 0 Å². The van der Waals surface area contributed by atoms with Crippen molar-refractivity contribution in [2.45, 2.75) is 19.9 Å². The topological polar surface area (TPSA) is 35.6 Å². The molecule has 0 radical (unpaired) electrons. The van der Waals surface area contributed by atoms with Gasteiger partial charge in [0.05, 0.1) is 13.1 Å². The largest absolute Gasteiger partial charge is 0.344 e. The molecule has 1 aliphatic heterocycles. The lowest BCUT2D eigenvalue weighted by Gasteiger charge is -2.36. The summed E-state index contributed by atoms with van der Waals surface area (Å²) in [5.74, 6) is 2.42. The molecule has 0 aromatic carbocycles. The number of carbonyl (C=O) groups is 1. The van der Waals surface area contributed by atoms with Gasteiger partial charge in [0.1, 0.15) is 0 Å². The third kappa shape index (κ3) is 4.21. The summed E-state index contributed by atoms with van der Waals surface area (Å²) in [6.07, 6.45) is 5.08. The zero-order valence-electron chi connectivity index (χ0n) is 10.2. The van der Waals surface area contributed by atoms with Crippen molar-refractivity contribution in [1.82, 2.24) is 15.1 Å². The maximum Gasteiger partial charge on any atom is 0.234 e. The Kier molecular flexibility index (Phi) is 5.30. The standard InChI is InChI=1S/C12H21N3O/c1-4-5-13-12(16)10-14-6-8-15(9-7-14)11(2)3/h1,11H,5-10H2,2-3H3,(H,13,16). The van der Waals surface area contributed by atoms with E-state index in [0.29, 0.717) is 19.1 Å². The van der Waals surface area contributed by atoms with Crippen molar-refractivity contribution in [3.05, 3.63) is 0 Å². The van der Waals surface area contributed by atoms with Gasteiger partial charge in [0.25, 0.3) is 0 Å². The van der Waals surface area contributed by atoms with Crippen LogP contribution >= 0.6 is 0 Å². The highest BCUT2D eigenvalue weighted by Gasteiger charge is 2.19. The van der Waals surface area contributed by atoms with Crippen molar-refractivity contribution < 1.29 is 4.79 Å². The van der Waals surface area contributed by atoms with Gasteiger partial charge in [-0.15, -0.1) is 6.42 Å². The smallest absolute Gasteiger partial charge is 0.234 e. The van der Waals surface area contributed by atoms with Crippen LogP contribution in [0.25, 0.3) is 0 Å². The van der Waals surface area contributed by atoms with Gasteiger partial charge in [-0.3, -0.25) is 14.6 Å². The number of carbonyl (C=O) groups excluding carboxylic acids is 1. The minimum absolute atomic E-state index is 0.0240. The van der Waals surface area contributed by atoms with E-state index >= 15 is 0 Å². The van der Waals surface area contributed by atoms with Crippen LogP contribution in [0.5, 0.6) is 0 Å². The van der Waals surface area contributed by atoms with Gasteiger partial charge < -0.3 is 5.32 Å². The predicted octanol–water partition coefficient (Wildman–Crippen LogP) is -0.238. The minimum Gasteiger partial charge on any atom is -0.344 e. The van der Waals surface area contributed by atoms with E-state index in [1.54, 1.807) is 0 Å². The van der Waals surface area contributed by atoms with Gasteiger partial charge in [-0.05, 0) is 13.8 Å². The Hall–Kier alpha value is -1.05. The Labute approximate surface area is 98.0 Å². The molecule has 0 unspecified atom stereocenters. The molecule has 0 bridgehead atoms. The number of hydrogen-bond donors (Lipinski definition) is 1. The molecule has 4 nitrogen and oxygen atoms in total. The maximum atomic E-state index is 11.4. The average molecular weight is 223 g/mol. The third-order valence-electron chi connectivity index (χ3n) is 2.89. The first-order chi connectivity index (χ1) is 7.63. The molecule has 1 saturated heterocycles. The fourth-order valence-corrected chi connectivity index (χ4v) is 1.85.